The Morgan fingerprint density at radius 3 is 2.00 bits per heavy atom. The van der Waals surface area contributed by atoms with Gasteiger partial charge in [-0.15, -0.1) is 0 Å². The van der Waals surface area contributed by atoms with Crippen molar-refractivity contribution in [2.75, 3.05) is 0 Å². The number of aromatic nitrogens is 1. The van der Waals surface area contributed by atoms with Crippen molar-refractivity contribution in [3.05, 3.63) is 66.0 Å². The number of rotatable bonds is 3. The minimum atomic E-state index is -0.954. The number of aliphatic hydroxyl groups is 1. The maximum atomic E-state index is 11.0. The molecule has 2 nitrogen and oxygen atoms in total. The van der Waals surface area contributed by atoms with Crippen molar-refractivity contribution >= 4 is 0 Å². The molecule has 0 aliphatic carbocycles. The van der Waals surface area contributed by atoms with Crippen LogP contribution in [0.2, 0.25) is 0 Å². The molecule has 2 rings (SSSR count). The van der Waals surface area contributed by atoms with Crippen molar-refractivity contribution in [3.8, 4) is 0 Å². The molecule has 1 atom stereocenters. The highest BCUT2D eigenvalue weighted by molar-refractivity contribution is 5.35. The second kappa shape index (κ2) is 4.68. The zero-order valence-electron chi connectivity index (χ0n) is 10.2. The maximum Gasteiger partial charge on any atom is 0.117 e. The van der Waals surface area contributed by atoms with Gasteiger partial charge in [0.25, 0.3) is 0 Å². The summed E-state index contributed by atoms with van der Waals surface area (Å²) >= 11 is 0. The van der Waals surface area contributed by atoms with Gasteiger partial charge in [-0.3, -0.25) is 4.98 Å². The monoisotopic (exact) mass is 227 g/mol. The van der Waals surface area contributed by atoms with Crippen molar-refractivity contribution in [2.24, 2.45) is 5.92 Å². The summed E-state index contributed by atoms with van der Waals surface area (Å²) in [6.07, 6.45) is 3.43. The third kappa shape index (κ3) is 2.08. The highest BCUT2D eigenvalue weighted by Gasteiger charge is 2.34. The van der Waals surface area contributed by atoms with E-state index in [1.807, 2.05) is 56.3 Å². The topological polar surface area (TPSA) is 33.1 Å². The summed E-state index contributed by atoms with van der Waals surface area (Å²) in [5.74, 6) is 0.0901. The minimum Gasteiger partial charge on any atom is -0.380 e. The molecule has 1 heterocycles. The molecule has 0 aliphatic heterocycles. The summed E-state index contributed by atoms with van der Waals surface area (Å²) in [4.78, 5) is 4.00. The molecule has 2 aromatic rings. The molecule has 2 heteroatoms. The largest absolute Gasteiger partial charge is 0.380 e. The first-order chi connectivity index (χ1) is 8.15. The molecule has 0 saturated carbocycles. The van der Waals surface area contributed by atoms with E-state index in [1.165, 1.54) is 0 Å². The van der Waals surface area contributed by atoms with Gasteiger partial charge in [-0.1, -0.05) is 44.2 Å². The molecule has 0 amide bonds. The summed E-state index contributed by atoms with van der Waals surface area (Å²) < 4.78 is 0. The van der Waals surface area contributed by atoms with Crippen molar-refractivity contribution in [3.63, 3.8) is 0 Å². The van der Waals surface area contributed by atoms with Crippen LogP contribution in [-0.2, 0) is 5.60 Å². The van der Waals surface area contributed by atoms with Crippen LogP contribution in [0.15, 0.2) is 54.9 Å². The van der Waals surface area contributed by atoms with Gasteiger partial charge < -0.3 is 5.11 Å². The van der Waals surface area contributed by atoms with E-state index in [0.29, 0.717) is 0 Å². The molecule has 17 heavy (non-hydrogen) atoms. The minimum absolute atomic E-state index is 0.0901. The smallest absolute Gasteiger partial charge is 0.117 e. The lowest BCUT2D eigenvalue weighted by Gasteiger charge is -2.33. The molecule has 0 aliphatic rings. The molecule has 1 N–H and O–H groups in total. The molecule has 0 saturated heterocycles. The van der Waals surface area contributed by atoms with Crippen LogP contribution >= 0.6 is 0 Å². The molecule has 88 valence electrons. The van der Waals surface area contributed by atoms with E-state index in [9.17, 15) is 5.11 Å². The predicted molar refractivity (Wildman–Crippen MR) is 68.5 cm³/mol. The van der Waals surface area contributed by atoms with E-state index in [4.69, 9.17) is 0 Å². The fourth-order valence-corrected chi connectivity index (χ4v) is 2.13. The van der Waals surface area contributed by atoms with Gasteiger partial charge in [0, 0.05) is 12.4 Å². The SMILES string of the molecule is CC(C)C(O)(c1ccccc1)c1ccncc1. The third-order valence-electron chi connectivity index (χ3n) is 3.17. The van der Waals surface area contributed by atoms with E-state index < -0.39 is 5.60 Å². The van der Waals surface area contributed by atoms with Gasteiger partial charge in [-0.05, 0) is 29.2 Å². The van der Waals surface area contributed by atoms with Gasteiger partial charge in [0.1, 0.15) is 5.60 Å². The van der Waals surface area contributed by atoms with Crippen molar-refractivity contribution in [1.29, 1.82) is 0 Å². The van der Waals surface area contributed by atoms with Crippen LogP contribution in [0.3, 0.4) is 0 Å². The highest BCUT2D eigenvalue weighted by atomic mass is 16.3. The average Bonchev–Trinajstić information content (AvgIpc) is 2.39. The molecular formula is C15H17NO. The van der Waals surface area contributed by atoms with Gasteiger partial charge in [-0.25, -0.2) is 0 Å². The van der Waals surface area contributed by atoms with E-state index in [2.05, 4.69) is 4.98 Å². The number of nitrogens with zero attached hydrogens (tertiary/aromatic N) is 1. The lowest BCUT2D eigenvalue weighted by atomic mass is 9.78. The summed E-state index contributed by atoms with van der Waals surface area (Å²) in [5.41, 5.74) is 0.847. The second-order valence-corrected chi connectivity index (χ2v) is 4.52. The van der Waals surface area contributed by atoms with Crippen LogP contribution in [0.4, 0.5) is 0 Å². The molecule has 0 spiro atoms. The standard InChI is InChI=1S/C15H17NO/c1-12(2)15(17,13-6-4-3-5-7-13)14-8-10-16-11-9-14/h3-12,17H,1-2H3. The summed E-state index contributed by atoms with van der Waals surface area (Å²) in [6.45, 7) is 4.04. The molecule has 1 aromatic heterocycles. The second-order valence-electron chi connectivity index (χ2n) is 4.52. The zero-order chi connectivity index (χ0) is 12.3. The van der Waals surface area contributed by atoms with E-state index >= 15 is 0 Å². The summed E-state index contributed by atoms with van der Waals surface area (Å²) in [7, 11) is 0. The molecule has 1 aromatic carbocycles. The molecule has 0 radical (unpaired) electrons. The van der Waals surface area contributed by atoms with Crippen molar-refractivity contribution < 1.29 is 5.11 Å². The predicted octanol–water partition coefficient (Wildman–Crippen LogP) is 2.97. The molecule has 1 unspecified atom stereocenters. The Bertz CT molecular complexity index is 425. The van der Waals surface area contributed by atoms with Crippen molar-refractivity contribution in [1.82, 2.24) is 4.98 Å². The normalized spacial score (nSPS) is 14.6. The van der Waals surface area contributed by atoms with Crippen LogP contribution in [0.1, 0.15) is 25.0 Å². The fraction of sp³-hybridized carbons (Fsp3) is 0.267. The molecule has 0 bridgehead atoms. The lowest BCUT2D eigenvalue weighted by molar-refractivity contribution is 0.0317. The Morgan fingerprint density at radius 1 is 0.941 bits per heavy atom. The molecular weight excluding hydrogens is 210 g/mol. The quantitative estimate of drug-likeness (QED) is 0.874. The first-order valence-corrected chi connectivity index (χ1v) is 5.84. The van der Waals surface area contributed by atoms with E-state index in [-0.39, 0.29) is 5.92 Å². The lowest BCUT2D eigenvalue weighted by Crippen LogP contribution is -2.33. The van der Waals surface area contributed by atoms with Gasteiger partial charge >= 0.3 is 0 Å². The highest BCUT2D eigenvalue weighted by Crippen LogP contribution is 2.35. The molecule has 0 fully saturated rings. The summed E-state index contributed by atoms with van der Waals surface area (Å²) in [5, 5.41) is 11.0. The third-order valence-corrected chi connectivity index (χ3v) is 3.17. The first kappa shape index (κ1) is 11.8. The van der Waals surface area contributed by atoms with Crippen LogP contribution in [0, 0.1) is 5.92 Å². The van der Waals surface area contributed by atoms with Crippen LogP contribution in [0.25, 0.3) is 0 Å². The Balaban J connectivity index is 2.55. The summed E-state index contributed by atoms with van der Waals surface area (Å²) in [6, 6.07) is 13.5. The Hall–Kier alpha value is -1.67. The number of hydrogen-bond donors (Lipinski definition) is 1. The fourth-order valence-electron chi connectivity index (χ4n) is 2.13. The Labute approximate surface area is 102 Å². The number of benzene rings is 1. The van der Waals surface area contributed by atoms with Gasteiger partial charge in [-0.2, -0.15) is 0 Å². The van der Waals surface area contributed by atoms with Gasteiger partial charge in [0.05, 0.1) is 0 Å². The van der Waals surface area contributed by atoms with Crippen molar-refractivity contribution in [2.45, 2.75) is 19.4 Å². The Morgan fingerprint density at radius 2 is 1.47 bits per heavy atom. The number of hydrogen-bond acceptors (Lipinski definition) is 2. The van der Waals surface area contributed by atoms with Crippen LogP contribution in [-0.4, -0.2) is 10.1 Å². The van der Waals surface area contributed by atoms with E-state index in [1.54, 1.807) is 12.4 Å². The van der Waals surface area contributed by atoms with E-state index in [0.717, 1.165) is 11.1 Å². The van der Waals surface area contributed by atoms with Gasteiger partial charge in [0.15, 0.2) is 0 Å². The average molecular weight is 227 g/mol. The van der Waals surface area contributed by atoms with Crippen LogP contribution in [0.5, 0.6) is 0 Å². The van der Waals surface area contributed by atoms with Crippen LogP contribution < -0.4 is 0 Å². The first-order valence-electron chi connectivity index (χ1n) is 5.84. The zero-order valence-corrected chi connectivity index (χ0v) is 10.2. The number of pyridine rings is 1. The van der Waals surface area contributed by atoms with Gasteiger partial charge in [0.2, 0.25) is 0 Å². The maximum absolute atomic E-state index is 11.0. The Kier molecular flexibility index (Phi) is 3.25.